The summed E-state index contributed by atoms with van der Waals surface area (Å²) in [5.74, 6) is 0.994. The summed E-state index contributed by atoms with van der Waals surface area (Å²) in [7, 11) is 0. The van der Waals surface area contributed by atoms with Gasteiger partial charge in [0, 0.05) is 19.0 Å². The number of fused-ring (bicyclic) bond motifs is 1. The molecular weight excluding hydrogens is 194 g/mol. The Morgan fingerprint density at radius 3 is 2.27 bits per heavy atom. The third kappa shape index (κ3) is 1.98. The van der Waals surface area contributed by atoms with E-state index in [0.29, 0.717) is 24.9 Å². The highest BCUT2D eigenvalue weighted by Crippen LogP contribution is 2.50. The van der Waals surface area contributed by atoms with Crippen molar-refractivity contribution in [3.05, 3.63) is 0 Å². The van der Waals surface area contributed by atoms with Crippen LogP contribution in [0.3, 0.4) is 0 Å². The van der Waals surface area contributed by atoms with Crippen LogP contribution in [-0.2, 0) is 9.53 Å². The van der Waals surface area contributed by atoms with Gasteiger partial charge in [-0.2, -0.15) is 0 Å². The van der Waals surface area contributed by atoms with Gasteiger partial charge >= 0.3 is 6.09 Å². The van der Waals surface area contributed by atoms with Crippen LogP contribution in [-0.4, -0.2) is 36.0 Å². The van der Waals surface area contributed by atoms with Crippen molar-refractivity contribution >= 4 is 12.4 Å². The normalized spacial score (nSPS) is 33.5. The van der Waals surface area contributed by atoms with E-state index in [1.54, 1.807) is 4.90 Å². The Morgan fingerprint density at radius 1 is 1.33 bits per heavy atom. The van der Waals surface area contributed by atoms with Gasteiger partial charge in [-0.25, -0.2) is 4.79 Å². The average molecular weight is 211 g/mol. The fourth-order valence-electron chi connectivity index (χ4n) is 2.25. The Labute approximate surface area is 89.6 Å². The number of amides is 1. The lowest BCUT2D eigenvalue weighted by molar-refractivity contribution is -0.109. The van der Waals surface area contributed by atoms with Gasteiger partial charge in [0.15, 0.2) is 0 Å². The minimum Gasteiger partial charge on any atom is -0.444 e. The Bertz CT molecular complexity index is 283. The van der Waals surface area contributed by atoms with Crippen LogP contribution in [0.4, 0.5) is 4.79 Å². The Balaban J connectivity index is 1.84. The Kier molecular flexibility index (Phi) is 2.24. The van der Waals surface area contributed by atoms with Crippen molar-refractivity contribution in [2.45, 2.75) is 26.4 Å². The highest BCUT2D eigenvalue weighted by atomic mass is 16.6. The third-order valence-electron chi connectivity index (χ3n) is 3.07. The number of carbonyl (C=O) groups is 2. The van der Waals surface area contributed by atoms with Crippen molar-refractivity contribution in [2.24, 2.45) is 17.8 Å². The molecule has 0 spiro atoms. The number of hydrogen-bond donors (Lipinski definition) is 0. The molecule has 4 heteroatoms. The molecule has 84 valence electrons. The molecule has 0 bridgehead atoms. The molecule has 2 aliphatic rings. The molecule has 2 rings (SSSR count). The van der Waals surface area contributed by atoms with E-state index in [2.05, 4.69) is 0 Å². The van der Waals surface area contributed by atoms with Crippen molar-refractivity contribution in [1.82, 2.24) is 4.90 Å². The summed E-state index contributed by atoms with van der Waals surface area (Å²) in [5, 5.41) is 0. The summed E-state index contributed by atoms with van der Waals surface area (Å²) >= 11 is 0. The smallest absolute Gasteiger partial charge is 0.410 e. The van der Waals surface area contributed by atoms with Gasteiger partial charge < -0.3 is 14.4 Å². The zero-order chi connectivity index (χ0) is 11.2. The van der Waals surface area contributed by atoms with Crippen molar-refractivity contribution in [2.75, 3.05) is 13.1 Å². The van der Waals surface area contributed by atoms with Crippen LogP contribution in [0.5, 0.6) is 0 Å². The molecule has 1 aliphatic carbocycles. The summed E-state index contributed by atoms with van der Waals surface area (Å²) in [4.78, 5) is 23.9. The molecule has 0 N–H and O–H groups in total. The van der Waals surface area contributed by atoms with E-state index in [4.69, 9.17) is 4.74 Å². The van der Waals surface area contributed by atoms with E-state index >= 15 is 0 Å². The van der Waals surface area contributed by atoms with Gasteiger partial charge in [0.05, 0.1) is 0 Å². The first-order valence-corrected chi connectivity index (χ1v) is 5.35. The van der Waals surface area contributed by atoms with Gasteiger partial charge in [0.1, 0.15) is 11.9 Å². The van der Waals surface area contributed by atoms with E-state index in [1.807, 2.05) is 20.8 Å². The molecule has 0 aromatic carbocycles. The molecule has 4 nitrogen and oxygen atoms in total. The molecule has 2 unspecified atom stereocenters. The molecule has 1 saturated carbocycles. The average Bonchev–Trinajstić information content (AvgIpc) is 2.54. The fourth-order valence-corrected chi connectivity index (χ4v) is 2.25. The van der Waals surface area contributed by atoms with Crippen LogP contribution in [0.15, 0.2) is 0 Å². The van der Waals surface area contributed by atoms with Crippen LogP contribution in [0.25, 0.3) is 0 Å². The molecule has 1 heterocycles. The summed E-state index contributed by atoms with van der Waals surface area (Å²) in [6, 6.07) is 0. The lowest BCUT2D eigenvalue weighted by Crippen LogP contribution is -2.37. The molecule has 2 fully saturated rings. The highest BCUT2D eigenvalue weighted by Gasteiger charge is 2.57. The maximum atomic E-state index is 11.6. The number of piperidine rings is 1. The largest absolute Gasteiger partial charge is 0.444 e. The zero-order valence-corrected chi connectivity index (χ0v) is 9.40. The van der Waals surface area contributed by atoms with E-state index in [1.165, 1.54) is 0 Å². The second kappa shape index (κ2) is 3.22. The van der Waals surface area contributed by atoms with E-state index in [0.717, 1.165) is 6.29 Å². The lowest BCUT2D eigenvalue weighted by Gasteiger charge is -2.25. The highest BCUT2D eigenvalue weighted by molar-refractivity contribution is 5.70. The molecule has 2 atom stereocenters. The molecule has 1 saturated heterocycles. The van der Waals surface area contributed by atoms with Crippen LogP contribution >= 0.6 is 0 Å². The van der Waals surface area contributed by atoms with Crippen molar-refractivity contribution in [1.29, 1.82) is 0 Å². The molecule has 0 aromatic rings. The molecular formula is C11H17NO3. The number of hydrogen-bond acceptors (Lipinski definition) is 3. The first-order valence-electron chi connectivity index (χ1n) is 5.35. The van der Waals surface area contributed by atoms with E-state index < -0.39 is 5.60 Å². The maximum Gasteiger partial charge on any atom is 0.410 e. The number of carbonyl (C=O) groups excluding carboxylic acids is 2. The molecule has 0 radical (unpaired) electrons. The van der Waals surface area contributed by atoms with Gasteiger partial charge in [0.2, 0.25) is 0 Å². The van der Waals surface area contributed by atoms with Gasteiger partial charge in [-0.05, 0) is 32.6 Å². The molecule has 0 aromatic heterocycles. The zero-order valence-electron chi connectivity index (χ0n) is 9.40. The second-order valence-electron chi connectivity index (χ2n) is 5.43. The Hall–Kier alpha value is -1.06. The third-order valence-corrected chi connectivity index (χ3v) is 3.07. The number of ether oxygens (including phenoxy) is 1. The van der Waals surface area contributed by atoms with Crippen LogP contribution in [0.1, 0.15) is 20.8 Å². The maximum absolute atomic E-state index is 11.6. The summed E-state index contributed by atoms with van der Waals surface area (Å²) < 4.78 is 5.26. The lowest BCUT2D eigenvalue weighted by atomic mass is 10.2. The van der Waals surface area contributed by atoms with Crippen LogP contribution in [0, 0.1) is 17.8 Å². The minimum absolute atomic E-state index is 0.198. The standard InChI is InChI=1S/C11H17NO3/c1-11(2,3)15-10(14)12-4-7-8(5-12)9(7)6-13/h6-9H,4-5H2,1-3H3. The summed E-state index contributed by atoms with van der Waals surface area (Å²) in [6.45, 7) is 6.94. The molecule has 1 amide bonds. The van der Waals surface area contributed by atoms with Gasteiger partial charge in [-0.15, -0.1) is 0 Å². The first-order chi connectivity index (χ1) is 6.92. The summed E-state index contributed by atoms with van der Waals surface area (Å²) in [6.07, 6.45) is 0.765. The van der Waals surface area contributed by atoms with Crippen molar-refractivity contribution < 1.29 is 14.3 Å². The van der Waals surface area contributed by atoms with Crippen molar-refractivity contribution in [3.8, 4) is 0 Å². The van der Waals surface area contributed by atoms with Gasteiger partial charge in [-0.1, -0.05) is 0 Å². The predicted octanol–water partition coefficient (Wildman–Crippen LogP) is 1.30. The van der Waals surface area contributed by atoms with Crippen LogP contribution in [0.2, 0.25) is 0 Å². The monoisotopic (exact) mass is 211 g/mol. The van der Waals surface area contributed by atoms with Crippen molar-refractivity contribution in [3.63, 3.8) is 0 Å². The summed E-state index contributed by atoms with van der Waals surface area (Å²) in [5.41, 5.74) is -0.437. The number of rotatable bonds is 1. The predicted molar refractivity (Wildman–Crippen MR) is 54.3 cm³/mol. The SMILES string of the molecule is CC(C)(C)OC(=O)N1CC2C(C=O)C2C1. The van der Waals surface area contributed by atoms with Gasteiger partial charge in [0.25, 0.3) is 0 Å². The van der Waals surface area contributed by atoms with Gasteiger partial charge in [-0.3, -0.25) is 0 Å². The first kappa shape index (κ1) is 10.5. The fraction of sp³-hybridized carbons (Fsp3) is 0.818. The van der Waals surface area contributed by atoms with E-state index in [-0.39, 0.29) is 12.0 Å². The number of aldehydes is 1. The quantitative estimate of drug-likeness (QED) is 0.614. The Morgan fingerprint density at radius 2 is 1.87 bits per heavy atom. The van der Waals surface area contributed by atoms with E-state index in [9.17, 15) is 9.59 Å². The molecule has 1 aliphatic heterocycles. The topological polar surface area (TPSA) is 46.6 Å². The number of likely N-dealkylation sites (tertiary alicyclic amines) is 1. The van der Waals surface area contributed by atoms with Crippen LogP contribution < -0.4 is 0 Å². The molecule has 15 heavy (non-hydrogen) atoms. The number of nitrogens with zero attached hydrogens (tertiary/aromatic N) is 1. The second-order valence-corrected chi connectivity index (χ2v) is 5.43. The minimum atomic E-state index is -0.437.